The SMILES string of the molecule is CCC1COC(C)CN1C(=O)c1cc(Br)ccc1O. The standard InChI is InChI=1S/C14H18BrNO3/c1-3-11-8-19-9(2)7-16(11)14(18)12-6-10(15)4-5-13(12)17/h4-6,9,11,17H,3,7-8H2,1-2H3. The Bertz CT molecular complexity index is 478. The third kappa shape index (κ3) is 3.09. The number of phenols is 1. The number of carbonyl (C=O) groups excluding carboxylic acids is 1. The average Bonchev–Trinajstić information content (AvgIpc) is 2.40. The predicted octanol–water partition coefficient (Wildman–Crippen LogP) is 2.79. The lowest BCUT2D eigenvalue weighted by atomic mass is 10.1. The van der Waals surface area contributed by atoms with Crippen LogP contribution < -0.4 is 0 Å². The molecule has 2 atom stereocenters. The van der Waals surface area contributed by atoms with E-state index in [0.29, 0.717) is 18.7 Å². The van der Waals surface area contributed by atoms with E-state index in [1.54, 1.807) is 17.0 Å². The summed E-state index contributed by atoms with van der Waals surface area (Å²) in [5.41, 5.74) is 0.335. The lowest BCUT2D eigenvalue weighted by Gasteiger charge is -2.38. The number of ether oxygens (including phenoxy) is 1. The van der Waals surface area contributed by atoms with Gasteiger partial charge in [-0.3, -0.25) is 4.79 Å². The molecule has 0 bridgehead atoms. The summed E-state index contributed by atoms with van der Waals surface area (Å²) in [6.45, 7) is 5.10. The van der Waals surface area contributed by atoms with Gasteiger partial charge in [-0.15, -0.1) is 0 Å². The molecule has 19 heavy (non-hydrogen) atoms. The van der Waals surface area contributed by atoms with Crippen LogP contribution in [0.2, 0.25) is 0 Å². The summed E-state index contributed by atoms with van der Waals surface area (Å²) in [7, 11) is 0. The highest BCUT2D eigenvalue weighted by molar-refractivity contribution is 9.10. The van der Waals surface area contributed by atoms with E-state index in [1.165, 1.54) is 6.07 Å². The summed E-state index contributed by atoms with van der Waals surface area (Å²) in [6, 6.07) is 4.97. The zero-order valence-electron chi connectivity index (χ0n) is 11.1. The van der Waals surface area contributed by atoms with Crippen LogP contribution in [0, 0.1) is 0 Å². The molecule has 2 unspecified atom stereocenters. The molecule has 1 N–H and O–H groups in total. The molecule has 0 saturated carbocycles. The van der Waals surface area contributed by atoms with Gasteiger partial charge in [0, 0.05) is 11.0 Å². The maximum absolute atomic E-state index is 12.6. The van der Waals surface area contributed by atoms with Crippen molar-refractivity contribution in [3.63, 3.8) is 0 Å². The summed E-state index contributed by atoms with van der Waals surface area (Å²) in [5.74, 6) is -0.122. The van der Waals surface area contributed by atoms with Gasteiger partial charge in [0.05, 0.1) is 24.3 Å². The molecule has 0 aromatic heterocycles. The molecule has 5 heteroatoms. The van der Waals surface area contributed by atoms with E-state index in [1.807, 2.05) is 13.8 Å². The molecule has 1 aliphatic heterocycles. The highest BCUT2D eigenvalue weighted by atomic mass is 79.9. The van der Waals surface area contributed by atoms with Gasteiger partial charge in [-0.1, -0.05) is 22.9 Å². The Hall–Kier alpha value is -1.07. The van der Waals surface area contributed by atoms with Crippen molar-refractivity contribution in [3.05, 3.63) is 28.2 Å². The number of aromatic hydroxyl groups is 1. The molecule has 0 spiro atoms. The van der Waals surface area contributed by atoms with Crippen molar-refractivity contribution in [1.29, 1.82) is 0 Å². The minimum atomic E-state index is -0.138. The molecule has 1 aromatic carbocycles. The molecule has 1 amide bonds. The lowest BCUT2D eigenvalue weighted by Crippen LogP contribution is -2.51. The van der Waals surface area contributed by atoms with Crippen LogP contribution in [0.25, 0.3) is 0 Å². The Kier molecular flexibility index (Phi) is 4.47. The fourth-order valence-corrected chi connectivity index (χ4v) is 2.63. The number of rotatable bonds is 2. The summed E-state index contributed by atoms with van der Waals surface area (Å²) in [6.07, 6.45) is 0.869. The molecule has 1 aliphatic rings. The number of nitrogens with zero attached hydrogens (tertiary/aromatic N) is 1. The van der Waals surface area contributed by atoms with Gasteiger partial charge in [0.25, 0.3) is 5.91 Å². The molecule has 1 saturated heterocycles. The number of carbonyl (C=O) groups is 1. The first-order valence-corrected chi connectivity index (χ1v) is 7.23. The zero-order valence-corrected chi connectivity index (χ0v) is 12.7. The number of amides is 1. The van der Waals surface area contributed by atoms with E-state index in [0.717, 1.165) is 10.9 Å². The van der Waals surface area contributed by atoms with E-state index in [9.17, 15) is 9.90 Å². The number of halogens is 1. The van der Waals surface area contributed by atoms with Crippen molar-refractivity contribution in [2.75, 3.05) is 13.2 Å². The minimum Gasteiger partial charge on any atom is -0.507 e. The lowest BCUT2D eigenvalue weighted by molar-refractivity contribution is -0.0444. The molecule has 1 heterocycles. The van der Waals surface area contributed by atoms with Crippen LogP contribution in [-0.4, -0.2) is 41.2 Å². The maximum Gasteiger partial charge on any atom is 0.258 e. The number of hydrogen-bond donors (Lipinski definition) is 1. The molecule has 1 aromatic rings. The Morgan fingerprint density at radius 3 is 3.00 bits per heavy atom. The number of phenolic OH excluding ortho intramolecular Hbond substituents is 1. The first-order chi connectivity index (χ1) is 9.02. The normalized spacial score (nSPS) is 23.4. The summed E-state index contributed by atoms with van der Waals surface area (Å²) in [4.78, 5) is 14.4. The van der Waals surface area contributed by atoms with Crippen molar-refractivity contribution < 1.29 is 14.6 Å². The van der Waals surface area contributed by atoms with Gasteiger partial charge in [-0.05, 0) is 31.5 Å². The second-order valence-electron chi connectivity index (χ2n) is 4.83. The predicted molar refractivity (Wildman–Crippen MR) is 76.3 cm³/mol. The molecule has 0 aliphatic carbocycles. The summed E-state index contributed by atoms with van der Waals surface area (Å²) >= 11 is 3.33. The summed E-state index contributed by atoms with van der Waals surface area (Å²) in [5, 5.41) is 9.86. The van der Waals surface area contributed by atoms with E-state index < -0.39 is 0 Å². The van der Waals surface area contributed by atoms with Crippen molar-refractivity contribution in [2.24, 2.45) is 0 Å². The van der Waals surface area contributed by atoms with E-state index in [-0.39, 0.29) is 23.8 Å². The van der Waals surface area contributed by atoms with Crippen LogP contribution in [-0.2, 0) is 4.74 Å². The van der Waals surface area contributed by atoms with Crippen LogP contribution in [0.1, 0.15) is 30.6 Å². The maximum atomic E-state index is 12.6. The van der Waals surface area contributed by atoms with Crippen LogP contribution >= 0.6 is 15.9 Å². The molecule has 1 fully saturated rings. The van der Waals surface area contributed by atoms with Crippen molar-refractivity contribution in [1.82, 2.24) is 4.90 Å². The molecule has 4 nitrogen and oxygen atoms in total. The van der Waals surface area contributed by atoms with E-state index >= 15 is 0 Å². The Balaban J connectivity index is 2.28. The molecule has 2 rings (SSSR count). The summed E-state index contributed by atoms with van der Waals surface area (Å²) < 4.78 is 6.37. The number of hydrogen-bond acceptors (Lipinski definition) is 3. The molecular weight excluding hydrogens is 310 g/mol. The highest BCUT2D eigenvalue weighted by Crippen LogP contribution is 2.26. The van der Waals surface area contributed by atoms with Crippen molar-refractivity contribution in [2.45, 2.75) is 32.4 Å². The van der Waals surface area contributed by atoms with Gasteiger partial charge >= 0.3 is 0 Å². The third-order valence-corrected chi connectivity index (χ3v) is 3.88. The van der Waals surface area contributed by atoms with Gasteiger partial charge in [0.2, 0.25) is 0 Å². The van der Waals surface area contributed by atoms with Crippen molar-refractivity contribution in [3.8, 4) is 5.75 Å². The van der Waals surface area contributed by atoms with E-state index in [2.05, 4.69) is 15.9 Å². The fourth-order valence-electron chi connectivity index (χ4n) is 2.27. The zero-order chi connectivity index (χ0) is 14.0. The topological polar surface area (TPSA) is 49.8 Å². The third-order valence-electron chi connectivity index (χ3n) is 3.39. The first kappa shape index (κ1) is 14.3. The average molecular weight is 328 g/mol. The van der Waals surface area contributed by atoms with Crippen LogP contribution in [0.15, 0.2) is 22.7 Å². The van der Waals surface area contributed by atoms with Crippen molar-refractivity contribution >= 4 is 21.8 Å². The Morgan fingerprint density at radius 2 is 2.32 bits per heavy atom. The molecule has 104 valence electrons. The second kappa shape index (κ2) is 5.92. The molecular formula is C14H18BrNO3. The van der Waals surface area contributed by atoms with Crippen LogP contribution in [0.4, 0.5) is 0 Å². The quantitative estimate of drug-likeness (QED) is 0.908. The highest BCUT2D eigenvalue weighted by Gasteiger charge is 2.31. The second-order valence-corrected chi connectivity index (χ2v) is 5.74. The first-order valence-electron chi connectivity index (χ1n) is 6.44. The van der Waals surface area contributed by atoms with Gasteiger partial charge in [-0.25, -0.2) is 0 Å². The molecule has 0 radical (unpaired) electrons. The smallest absolute Gasteiger partial charge is 0.258 e. The Morgan fingerprint density at radius 1 is 1.58 bits per heavy atom. The van der Waals surface area contributed by atoms with Gasteiger partial charge < -0.3 is 14.7 Å². The monoisotopic (exact) mass is 327 g/mol. The van der Waals surface area contributed by atoms with Crippen LogP contribution in [0.5, 0.6) is 5.75 Å². The minimum absolute atomic E-state index is 0.0159. The fraction of sp³-hybridized carbons (Fsp3) is 0.500. The van der Waals surface area contributed by atoms with Crippen LogP contribution in [0.3, 0.4) is 0 Å². The van der Waals surface area contributed by atoms with E-state index in [4.69, 9.17) is 4.74 Å². The Labute approximate surface area is 121 Å². The van der Waals surface area contributed by atoms with Gasteiger partial charge in [0.1, 0.15) is 5.75 Å². The largest absolute Gasteiger partial charge is 0.507 e. The number of morpholine rings is 1. The van der Waals surface area contributed by atoms with Gasteiger partial charge in [-0.2, -0.15) is 0 Å². The number of benzene rings is 1. The van der Waals surface area contributed by atoms with Gasteiger partial charge in [0.15, 0.2) is 0 Å².